The quantitative estimate of drug-likeness (QED) is 0.825. The first-order chi connectivity index (χ1) is 7.75. The van der Waals surface area contributed by atoms with E-state index in [1.165, 1.54) is 11.3 Å². The van der Waals surface area contributed by atoms with E-state index in [-0.39, 0.29) is 11.9 Å². The fraction of sp³-hybridized carbons (Fsp3) is 0.545. The van der Waals surface area contributed by atoms with Crippen LogP contribution in [0.15, 0.2) is 12.1 Å². The second kappa shape index (κ2) is 5.77. The fourth-order valence-corrected chi connectivity index (χ4v) is 2.68. The van der Waals surface area contributed by atoms with E-state index in [2.05, 4.69) is 5.32 Å². The van der Waals surface area contributed by atoms with Gasteiger partial charge in [-0.25, -0.2) is 0 Å². The zero-order valence-electron chi connectivity index (χ0n) is 8.87. The molecular weight excluding hydrogens is 246 g/mol. The molecule has 0 bridgehead atoms. The van der Waals surface area contributed by atoms with Crippen molar-refractivity contribution >= 4 is 28.7 Å². The summed E-state index contributed by atoms with van der Waals surface area (Å²) in [6, 6.07) is 3.52. The first-order valence-electron chi connectivity index (χ1n) is 5.36. The summed E-state index contributed by atoms with van der Waals surface area (Å²) >= 11 is 7.09. The van der Waals surface area contributed by atoms with Gasteiger partial charge in [-0.2, -0.15) is 0 Å². The molecule has 1 N–H and O–H groups in total. The SMILES string of the molecule is O=C(CNCC1CCCO1)c1ccc(Cl)s1. The van der Waals surface area contributed by atoms with E-state index in [1.807, 2.05) is 0 Å². The molecule has 5 heteroatoms. The molecule has 0 spiro atoms. The molecule has 0 aliphatic carbocycles. The van der Waals surface area contributed by atoms with Gasteiger partial charge in [0.1, 0.15) is 0 Å². The normalized spacial score (nSPS) is 20.2. The highest BCUT2D eigenvalue weighted by atomic mass is 35.5. The molecule has 0 radical (unpaired) electrons. The van der Waals surface area contributed by atoms with Crippen molar-refractivity contribution in [1.29, 1.82) is 0 Å². The summed E-state index contributed by atoms with van der Waals surface area (Å²) in [4.78, 5) is 12.4. The fourth-order valence-electron chi connectivity index (χ4n) is 1.70. The summed E-state index contributed by atoms with van der Waals surface area (Å²) < 4.78 is 6.11. The minimum atomic E-state index is 0.0925. The summed E-state index contributed by atoms with van der Waals surface area (Å²) in [5.74, 6) is 0.0925. The molecule has 0 aromatic carbocycles. The Balaban J connectivity index is 1.71. The summed E-state index contributed by atoms with van der Waals surface area (Å²) in [7, 11) is 0. The van der Waals surface area contributed by atoms with Crippen molar-refractivity contribution in [3.63, 3.8) is 0 Å². The topological polar surface area (TPSA) is 38.3 Å². The predicted molar refractivity (Wildman–Crippen MR) is 65.5 cm³/mol. The smallest absolute Gasteiger partial charge is 0.186 e. The van der Waals surface area contributed by atoms with Gasteiger partial charge in [-0.1, -0.05) is 11.6 Å². The number of hydrogen-bond acceptors (Lipinski definition) is 4. The van der Waals surface area contributed by atoms with Gasteiger partial charge in [-0.15, -0.1) is 11.3 Å². The maximum absolute atomic E-state index is 11.7. The number of carbonyl (C=O) groups is 1. The van der Waals surface area contributed by atoms with Crippen LogP contribution in [0.5, 0.6) is 0 Å². The zero-order valence-corrected chi connectivity index (χ0v) is 10.4. The largest absolute Gasteiger partial charge is 0.377 e. The average Bonchev–Trinajstić information content (AvgIpc) is 2.89. The van der Waals surface area contributed by atoms with Crippen molar-refractivity contribution in [2.24, 2.45) is 0 Å². The van der Waals surface area contributed by atoms with Crippen LogP contribution < -0.4 is 5.32 Å². The van der Waals surface area contributed by atoms with Crippen molar-refractivity contribution in [3.05, 3.63) is 21.3 Å². The lowest BCUT2D eigenvalue weighted by molar-refractivity contribution is 0.0959. The van der Waals surface area contributed by atoms with E-state index in [0.29, 0.717) is 15.8 Å². The second-order valence-corrected chi connectivity index (χ2v) is 5.51. The number of halogens is 1. The van der Waals surface area contributed by atoms with E-state index in [9.17, 15) is 4.79 Å². The first kappa shape index (κ1) is 12.0. The Morgan fingerprint density at radius 2 is 2.50 bits per heavy atom. The highest BCUT2D eigenvalue weighted by molar-refractivity contribution is 7.18. The van der Waals surface area contributed by atoms with Crippen LogP contribution in [0.3, 0.4) is 0 Å². The van der Waals surface area contributed by atoms with E-state index in [1.54, 1.807) is 12.1 Å². The summed E-state index contributed by atoms with van der Waals surface area (Å²) in [6.07, 6.45) is 2.49. The van der Waals surface area contributed by atoms with Gasteiger partial charge in [0.2, 0.25) is 0 Å². The Morgan fingerprint density at radius 1 is 1.62 bits per heavy atom. The summed E-state index contributed by atoms with van der Waals surface area (Å²) in [6.45, 7) is 1.96. The van der Waals surface area contributed by atoms with Crippen molar-refractivity contribution in [3.8, 4) is 0 Å². The zero-order chi connectivity index (χ0) is 11.4. The lowest BCUT2D eigenvalue weighted by Gasteiger charge is -2.09. The van der Waals surface area contributed by atoms with Gasteiger partial charge in [-0.05, 0) is 25.0 Å². The number of carbonyl (C=O) groups excluding carboxylic acids is 1. The van der Waals surface area contributed by atoms with Crippen LogP contribution in [-0.4, -0.2) is 31.6 Å². The van der Waals surface area contributed by atoms with Gasteiger partial charge in [0.05, 0.1) is 21.9 Å². The van der Waals surface area contributed by atoms with Crippen LogP contribution in [-0.2, 0) is 4.74 Å². The maximum atomic E-state index is 11.7. The molecule has 1 unspecified atom stereocenters. The Bertz CT molecular complexity index is 361. The van der Waals surface area contributed by atoms with Crippen molar-refractivity contribution in [2.75, 3.05) is 19.7 Å². The number of hydrogen-bond donors (Lipinski definition) is 1. The second-order valence-electron chi connectivity index (χ2n) is 3.79. The standard InChI is InChI=1S/C11H14ClNO2S/c12-11-4-3-10(16-11)9(14)7-13-6-8-2-1-5-15-8/h3-4,8,13H,1-2,5-7H2. The monoisotopic (exact) mass is 259 g/mol. The highest BCUT2D eigenvalue weighted by Crippen LogP contribution is 2.21. The van der Waals surface area contributed by atoms with Crippen LogP contribution in [0, 0.1) is 0 Å². The Kier molecular flexibility index (Phi) is 4.35. The lowest BCUT2D eigenvalue weighted by atomic mass is 10.2. The maximum Gasteiger partial charge on any atom is 0.186 e. The molecule has 1 fully saturated rings. The predicted octanol–water partition coefficient (Wildman–Crippen LogP) is 2.35. The van der Waals surface area contributed by atoms with Crippen molar-refractivity contribution < 1.29 is 9.53 Å². The molecule has 1 aliphatic rings. The van der Waals surface area contributed by atoms with Crippen molar-refractivity contribution in [2.45, 2.75) is 18.9 Å². The van der Waals surface area contributed by atoms with Gasteiger partial charge < -0.3 is 10.1 Å². The third-order valence-corrected chi connectivity index (χ3v) is 3.80. The first-order valence-corrected chi connectivity index (χ1v) is 6.56. The molecule has 16 heavy (non-hydrogen) atoms. The molecule has 1 aromatic rings. The number of Topliss-reactive ketones (excluding diaryl/α,β-unsaturated/α-hetero) is 1. The Hall–Kier alpha value is -0.420. The number of thiophene rings is 1. The Labute approximate surface area is 104 Å². The highest BCUT2D eigenvalue weighted by Gasteiger charge is 2.15. The summed E-state index contributed by atoms with van der Waals surface area (Å²) in [5, 5.41) is 3.12. The van der Waals surface area contributed by atoms with Crippen molar-refractivity contribution in [1.82, 2.24) is 5.32 Å². The number of rotatable bonds is 5. The van der Waals surface area contributed by atoms with Crippen LogP contribution in [0.1, 0.15) is 22.5 Å². The molecule has 3 nitrogen and oxygen atoms in total. The van der Waals surface area contributed by atoms with Crippen LogP contribution in [0.4, 0.5) is 0 Å². The molecule has 2 rings (SSSR count). The van der Waals surface area contributed by atoms with E-state index < -0.39 is 0 Å². The molecule has 1 atom stereocenters. The van der Waals surface area contributed by atoms with Crippen LogP contribution in [0.25, 0.3) is 0 Å². The van der Waals surface area contributed by atoms with Gasteiger partial charge in [-0.3, -0.25) is 4.79 Å². The molecule has 0 saturated carbocycles. The third-order valence-electron chi connectivity index (χ3n) is 2.53. The molecule has 1 saturated heterocycles. The molecule has 88 valence electrons. The van der Waals surface area contributed by atoms with Gasteiger partial charge in [0.15, 0.2) is 5.78 Å². The van der Waals surface area contributed by atoms with Gasteiger partial charge >= 0.3 is 0 Å². The molecule has 0 amide bonds. The average molecular weight is 260 g/mol. The molecule has 1 aromatic heterocycles. The van der Waals surface area contributed by atoms with E-state index >= 15 is 0 Å². The van der Waals surface area contributed by atoms with Gasteiger partial charge in [0.25, 0.3) is 0 Å². The third kappa shape index (κ3) is 3.28. The van der Waals surface area contributed by atoms with Crippen LogP contribution >= 0.6 is 22.9 Å². The van der Waals surface area contributed by atoms with E-state index in [4.69, 9.17) is 16.3 Å². The van der Waals surface area contributed by atoms with Crippen LogP contribution in [0.2, 0.25) is 4.34 Å². The lowest BCUT2D eigenvalue weighted by Crippen LogP contribution is -2.30. The molecule has 2 heterocycles. The summed E-state index contributed by atoms with van der Waals surface area (Å²) in [5.41, 5.74) is 0. The number of nitrogens with one attached hydrogen (secondary N) is 1. The number of ketones is 1. The Morgan fingerprint density at radius 3 is 3.12 bits per heavy atom. The van der Waals surface area contributed by atoms with E-state index in [0.717, 1.165) is 26.0 Å². The minimum Gasteiger partial charge on any atom is -0.377 e. The molecular formula is C11H14ClNO2S. The molecule has 1 aliphatic heterocycles. The number of ether oxygens (including phenoxy) is 1. The van der Waals surface area contributed by atoms with Gasteiger partial charge in [0, 0.05) is 13.2 Å². The minimum absolute atomic E-state index is 0.0925.